The van der Waals surface area contributed by atoms with E-state index in [1.165, 1.54) is 25.7 Å². The van der Waals surface area contributed by atoms with Crippen molar-refractivity contribution in [1.29, 1.82) is 0 Å². The van der Waals surface area contributed by atoms with Crippen LogP contribution in [0.15, 0.2) is 0 Å². The molecule has 0 amide bonds. The number of alkyl halides is 1. The third-order valence-electron chi connectivity index (χ3n) is 2.68. The van der Waals surface area contributed by atoms with Crippen LogP contribution in [-0.4, -0.2) is 18.0 Å². The van der Waals surface area contributed by atoms with Crippen LogP contribution >= 0.6 is 11.6 Å². The Balaban J connectivity index is 2.22. The molecule has 0 bridgehead atoms. The topological polar surface area (TPSA) is 26.3 Å². The number of hydrogen-bond acceptors (Lipinski definition) is 2. The lowest BCUT2D eigenvalue weighted by Gasteiger charge is -2.18. The number of carbonyl (C=O) groups excluding carboxylic acids is 1. The van der Waals surface area contributed by atoms with Crippen molar-refractivity contribution in [2.75, 3.05) is 5.88 Å². The second-order valence-electron chi connectivity index (χ2n) is 3.68. The zero-order valence-electron chi connectivity index (χ0n) is 8.09. The number of esters is 1. The summed E-state index contributed by atoms with van der Waals surface area (Å²) in [6.45, 7) is 1.99. The Morgan fingerprint density at radius 1 is 1.54 bits per heavy atom. The maximum atomic E-state index is 11.1. The van der Waals surface area contributed by atoms with Gasteiger partial charge in [-0.25, -0.2) is 0 Å². The van der Waals surface area contributed by atoms with E-state index in [0.29, 0.717) is 18.2 Å². The van der Waals surface area contributed by atoms with Gasteiger partial charge in [0.25, 0.3) is 0 Å². The monoisotopic (exact) mass is 204 g/mol. The van der Waals surface area contributed by atoms with Gasteiger partial charge in [-0.2, -0.15) is 0 Å². The molecule has 0 aromatic rings. The molecular weight excluding hydrogens is 188 g/mol. The third-order valence-corrected chi connectivity index (χ3v) is 2.87. The lowest BCUT2D eigenvalue weighted by atomic mass is 10.0. The molecule has 13 heavy (non-hydrogen) atoms. The van der Waals surface area contributed by atoms with Gasteiger partial charge in [-0.05, 0) is 25.7 Å². The van der Waals surface area contributed by atoms with Gasteiger partial charge in [-0.15, -0.1) is 11.6 Å². The van der Waals surface area contributed by atoms with E-state index in [1.54, 1.807) is 0 Å². The molecule has 1 unspecified atom stereocenters. The molecule has 0 spiro atoms. The molecule has 1 aliphatic carbocycles. The molecule has 1 aliphatic rings. The van der Waals surface area contributed by atoms with Gasteiger partial charge in [0.05, 0.1) is 6.42 Å². The Morgan fingerprint density at radius 3 is 2.69 bits per heavy atom. The van der Waals surface area contributed by atoms with Crippen LogP contribution in [0.3, 0.4) is 0 Å². The van der Waals surface area contributed by atoms with E-state index < -0.39 is 0 Å². The van der Waals surface area contributed by atoms with E-state index in [1.807, 2.05) is 6.92 Å². The Hall–Kier alpha value is -0.240. The van der Waals surface area contributed by atoms with Crippen molar-refractivity contribution in [2.45, 2.75) is 45.1 Å². The van der Waals surface area contributed by atoms with Crippen LogP contribution < -0.4 is 0 Å². The lowest BCUT2D eigenvalue weighted by Crippen LogP contribution is -2.22. The van der Waals surface area contributed by atoms with Crippen molar-refractivity contribution < 1.29 is 9.53 Å². The molecule has 0 aliphatic heterocycles. The SMILES string of the molecule is CC(OC(=O)CCCl)C1CCCC1. The van der Waals surface area contributed by atoms with Gasteiger partial charge in [-0.3, -0.25) is 4.79 Å². The Bertz CT molecular complexity index is 164. The summed E-state index contributed by atoms with van der Waals surface area (Å²) in [6, 6.07) is 0. The third kappa shape index (κ3) is 3.55. The van der Waals surface area contributed by atoms with Crippen molar-refractivity contribution in [3.05, 3.63) is 0 Å². The molecular formula is C10H17ClO2. The van der Waals surface area contributed by atoms with Gasteiger partial charge in [0, 0.05) is 5.88 Å². The second kappa shape index (κ2) is 5.48. The molecule has 1 atom stereocenters. The highest BCUT2D eigenvalue weighted by atomic mass is 35.5. The summed E-state index contributed by atoms with van der Waals surface area (Å²) in [4.78, 5) is 11.1. The summed E-state index contributed by atoms with van der Waals surface area (Å²) in [5, 5.41) is 0. The largest absolute Gasteiger partial charge is 0.462 e. The van der Waals surface area contributed by atoms with Crippen molar-refractivity contribution in [1.82, 2.24) is 0 Å². The zero-order chi connectivity index (χ0) is 9.68. The van der Waals surface area contributed by atoms with E-state index in [0.717, 1.165) is 0 Å². The number of rotatable bonds is 4. The molecule has 0 aromatic carbocycles. The summed E-state index contributed by atoms with van der Waals surface area (Å²) < 4.78 is 5.25. The molecule has 2 nitrogen and oxygen atoms in total. The quantitative estimate of drug-likeness (QED) is 0.520. The smallest absolute Gasteiger partial charge is 0.307 e. The maximum absolute atomic E-state index is 11.1. The predicted octanol–water partition coefficient (Wildman–Crippen LogP) is 2.74. The average molecular weight is 205 g/mol. The average Bonchev–Trinajstić information content (AvgIpc) is 2.55. The molecule has 3 heteroatoms. The fourth-order valence-corrected chi connectivity index (χ4v) is 2.02. The van der Waals surface area contributed by atoms with E-state index in [4.69, 9.17) is 16.3 Å². The highest BCUT2D eigenvalue weighted by Crippen LogP contribution is 2.29. The summed E-state index contributed by atoms with van der Waals surface area (Å²) in [5.74, 6) is 0.782. The van der Waals surface area contributed by atoms with Crippen LogP contribution in [0.1, 0.15) is 39.0 Å². The number of carbonyl (C=O) groups is 1. The Labute approximate surface area is 84.6 Å². The summed E-state index contributed by atoms with van der Waals surface area (Å²) in [5.41, 5.74) is 0. The van der Waals surface area contributed by atoms with Gasteiger partial charge in [0.1, 0.15) is 6.10 Å². The number of ether oxygens (including phenoxy) is 1. The molecule has 1 saturated carbocycles. The minimum Gasteiger partial charge on any atom is -0.462 e. The van der Waals surface area contributed by atoms with E-state index >= 15 is 0 Å². The van der Waals surface area contributed by atoms with Crippen LogP contribution in [0.25, 0.3) is 0 Å². The number of hydrogen-bond donors (Lipinski definition) is 0. The normalized spacial score (nSPS) is 20.2. The van der Waals surface area contributed by atoms with Gasteiger partial charge >= 0.3 is 5.97 Å². The highest BCUT2D eigenvalue weighted by molar-refractivity contribution is 6.18. The molecule has 1 fully saturated rings. The van der Waals surface area contributed by atoms with Gasteiger partial charge in [0.2, 0.25) is 0 Å². The molecule has 0 aromatic heterocycles. The zero-order valence-corrected chi connectivity index (χ0v) is 8.85. The first-order chi connectivity index (χ1) is 6.24. The Kier molecular flexibility index (Phi) is 4.57. The van der Waals surface area contributed by atoms with Crippen LogP contribution in [0.2, 0.25) is 0 Å². The van der Waals surface area contributed by atoms with Gasteiger partial charge < -0.3 is 4.74 Å². The molecule has 0 radical (unpaired) electrons. The predicted molar refractivity (Wildman–Crippen MR) is 52.8 cm³/mol. The fourth-order valence-electron chi connectivity index (χ4n) is 1.87. The highest BCUT2D eigenvalue weighted by Gasteiger charge is 2.23. The van der Waals surface area contributed by atoms with E-state index in [9.17, 15) is 4.79 Å². The molecule has 0 N–H and O–H groups in total. The summed E-state index contributed by atoms with van der Waals surface area (Å²) in [6.07, 6.45) is 5.38. The van der Waals surface area contributed by atoms with Crippen LogP contribution in [-0.2, 0) is 9.53 Å². The first-order valence-electron chi connectivity index (χ1n) is 4.99. The van der Waals surface area contributed by atoms with Crippen LogP contribution in [0.4, 0.5) is 0 Å². The molecule has 1 rings (SSSR count). The standard InChI is InChI=1S/C10H17ClO2/c1-8(9-4-2-3-5-9)13-10(12)6-7-11/h8-9H,2-7H2,1H3. The van der Waals surface area contributed by atoms with E-state index in [2.05, 4.69) is 0 Å². The molecule has 0 saturated heterocycles. The van der Waals surface area contributed by atoms with Gasteiger partial charge in [0.15, 0.2) is 0 Å². The van der Waals surface area contributed by atoms with Crippen LogP contribution in [0, 0.1) is 5.92 Å². The first-order valence-corrected chi connectivity index (χ1v) is 5.53. The summed E-state index contributed by atoms with van der Waals surface area (Å²) in [7, 11) is 0. The van der Waals surface area contributed by atoms with Crippen molar-refractivity contribution in [2.24, 2.45) is 5.92 Å². The minimum atomic E-state index is -0.158. The van der Waals surface area contributed by atoms with Gasteiger partial charge in [-0.1, -0.05) is 12.8 Å². The molecule has 0 heterocycles. The van der Waals surface area contributed by atoms with Crippen LogP contribution in [0.5, 0.6) is 0 Å². The molecule has 76 valence electrons. The fraction of sp³-hybridized carbons (Fsp3) is 0.900. The minimum absolute atomic E-state index is 0.0817. The Morgan fingerprint density at radius 2 is 2.15 bits per heavy atom. The second-order valence-corrected chi connectivity index (χ2v) is 4.06. The van der Waals surface area contributed by atoms with Crippen molar-refractivity contribution >= 4 is 17.6 Å². The van der Waals surface area contributed by atoms with Crippen molar-refractivity contribution in [3.8, 4) is 0 Å². The maximum Gasteiger partial charge on any atom is 0.307 e. The van der Waals surface area contributed by atoms with E-state index in [-0.39, 0.29) is 12.1 Å². The van der Waals surface area contributed by atoms with Crippen molar-refractivity contribution in [3.63, 3.8) is 0 Å². The first kappa shape index (κ1) is 10.8. The number of halogens is 1. The summed E-state index contributed by atoms with van der Waals surface area (Å²) >= 11 is 5.44. The lowest BCUT2D eigenvalue weighted by molar-refractivity contribution is -0.150.